The van der Waals surface area contributed by atoms with Gasteiger partial charge in [-0.05, 0) is 61.7 Å². The molecule has 0 aliphatic carbocycles. The van der Waals surface area contributed by atoms with Gasteiger partial charge >= 0.3 is 12.2 Å². The molecule has 0 saturated carbocycles. The molecule has 0 amide bonds. The van der Waals surface area contributed by atoms with Crippen LogP contribution in [0.15, 0.2) is 72.8 Å². The number of alkyl halides is 4. The van der Waals surface area contributed by atoms with E-state index in [2.05, 4.69) is 9.47 Å². The molecule has 4 aromatic rings. The SMILES string of the molecule is Cc1ccc(C(F)(F)Oc2ccc(C(F)(F)Oc3cc(F)c(/C=C/CCc4cc(F)c(F)c(F)c4)c(F)c3)c(F)c2)cc1. The van der Waals surface area contributed by atoms with E-state index in [9.17, 15) is 43.9 Å². The van der Waals surface area contributed by atoms with E-state index in [1.165, 1.54) is 18.2 Å². The number of hydrogen-bond donors (Lipinski definition) is 0. The summed E-state index contributed by atoms with van der Waals surface area (Å²) in [7, 11) is 0. The second-order valence-electron chi connectivity index (χ2n) is 9.36. The number of benzene rings is 4. The molecule has 0 heterocycles. The number of allylic oxidation sites excluding steroid dienone is 1. The van der Waals surface area contributed by atoms with Gasteiger partial charge in [-0.1, -0.05) is 29.8 Å². The lowest BCUT2D eigenvalue weighted by atomic mass is 10.1. The van der Waals surface area contributed by atoms with Gasteiger partial charge in [0.05, 0.1) is 5.56 Å². The normalized spacial score (nSPS) is 12.2. The Morgan fingerprint density at radius 2 is 1.19 bits per heavy atom. The van der Waals surface area contributed by atoms with Gasteiger partial charge in [-0.15, -0.1) is 0 Å². The lowest BCUT2D eigenvalue weighted by Gasteiger charge is -2.21. The third-order valence-electron chi connectivity index (χ3n) is 6.11. The van der Waals surface area contributed by atoms with Gasteiger partial charge in [-0.25, -0.2) is 26.3 Å². The highest BCUT2D eigenvalue weighted by Gasteiger charge is 2.39. The van der Waals surface area contributed by atoms with Crippen LogP contribution >= 0.6 is 0 Å². The Morgan fingerprint density at radius 1 is 0.628 bits per heavy atom. The minimum absolute atomic E-state index is 0.0136. The van der Waals surface area contributed by atoms with E-state index in [1.807, 2.05) is 0 Å². The Hall–Kier alpha value is -4.48. The van der Waals surface area contributed by atoms with Crippen molar-refractivity contribution < 1.29 is 53.4 Å². The molecule has 0 saturated heterocycles. The van der Waals surface area contributed by atoms with Gasteiger partial charge in [-0.2, -0.15) is 17.6 Å². The third-order valence-corrected chi connectivity index (χ3v) is 6.11. The van der Waals surface area contributed by atoms with Crippen molar-refractivity contribution in [3.8, 4) is 11.5 Å². The van der Waals surface area contributed by atoms with E-state index in [0.29, 0.717) is 35.9 Å². The van der Waals surface area contributed by atoms with Gasteiger partial charge in [0.15, 0.2) is 17.5 Å². The first-order chi connectivity index (χ1) is 20.2. The van der Waals surface area contributed by atoms with Crippen LogP contribution in [0.2, 0.25) is 0 Å². The highest BCUT2D eigenvalue weighted by molar-refractivity contribution is 5.52. The zero-order valence-electron chi connectivity index (χ0n) is 22.0. The lowest BCUT2D eigenvalue weighted by Crippen LogP contribution is -2.24. The second kappa shape index (κ2) is 12.4. The molecule has 0 atom stereocenters. The molecule has 0 bridgehead atoms. The molecule has 4 aromatic carbocycles. The third kappa shape index (κ3) is 7.49. The average Bonchev–Trinajstić information content (AvgIpc) is 2.90. The maximum absolute atomic E-state index is 14.7. The highest BCUT2D eigenvalue weighted by atomic mass is 19.3. The first-order valence-corrected chi connectivity index (χ1v) is 12.5. The summed E-state index contributed by atoms with van der Waals surface area (Å²) in [4.78, 5) is 0. The molecule has 0 unspecified atom stereocenters. The maximum Gasteiger partial charge on any atom is 0.429 e. The molecular weight excluding hydrogens is 594 g/mol. The molecular formula is C31H20F10O2. The predicted molar refractivity (Wildman–Crippen MR) is 137 cm³/mol. The van der Waals surface area contributed by atoms with Crippen molar-refractivity contribution >= 4 is 6.08 Å². The first-order valence-electron chi connectivity index (χ1n) is 12.5. The van der Waals surface area contributed by atoms with Gasteiger partial charge in [0.25, 0.3) is 0 Å². The minimum atomic E-state index is -4.49. The molecule has 12 heteroatoms. The number of aryl methyl sites for hydroxylation is 2. The number of halogens is 10. The molecule has 4 rings (SSSR count). The Kier molecular flexibility index (Phi) is 9.07. The largest absolute Gasteiger partial charge is 0.429 e. The number of rotatable bonds is 10. The summed E-state index contributed by atoms with van der Waals surface area (Å²) in [5.41, 5.74) is -1.86. The lowest BCUT2D eigenvalue weighted by molar-refractivity contribution is -0.188. The van der Waals surface area contributed by atoms with Crippen molar-refractivity contribution in [2.24, 2.45) is 0 Å². The van der Waals surface area contributed by atoms with Crippen LogP contribution < -0.4 is 9.47 Å². The van der Waals surface area contributed by atoms with E-state index in [-0.39, 0.29) is 18.4 Å². The van der Waals surface area contributed by atoms with Gasteiger partial charge in [0.2, 0.25) is 0 Å². The zero-order chi connectivity index (χ0) is 31.5. The topological polar surface area (TPSA) is 18.5 Å². The van der Waals surface area contributed by atoms with Crippen molar-refractivity contribution in [2.75, 3.05) is 0 Å². The van der Waals surface area contributed by atoms with Crippen LogP contribution in [0.1, 0.15) is 34.2 Å². The smallest absolute Gasteiger partial charge is 0.429 e. The quantitative estimate of drug-likeness (QED) is 0.131. The molecule has 0 N–H and O–H groups in total. The molecule has 0 aliphatic rings. The molecule has 0 aliphatic heterocycles. The minimum Gasteiger partial charge on any atom is -0.429 e. The van der Waals surface area contributed by atoms with Crippen LogP contribution in [0.25, 0.3) is 6.08 Å². The summed E-state index contributed by atoms with van der Waals surface area (Å²) >= 11 is 0. The van der Waals surface area contributed by atoms with Crippen LogP contribution in [-0.2, 0) is 18.6 Å². The van der Waals surface area contributed by atoms with E-state index in [0.717, 1.165) is 30.3 Å². The van der Waals surface area contributed by atoms with E-state index in [1.54, 1.807) is 6.92 Å². The summed E-state index contributed by atoms with van der Waals surface area (Å²) in [6.45, 7) is 1.67. The van der Waals surface area contributed by atoms with Crippen molar-refractivity contribution in [3.05, 3.63) is 136 Å². The van der Waals surface area contributed by atoms with E-state index in [4.69, 9.17) is 0 Å². The van der Waals surface area contributed by atoms with Crippen LogP contribution in [-0.4, -0.2) is 0 Å². The fourth-order valence-corrected chi connectivity index (χ4v) is 3.94. The Labute approximate surface area is 238 Å². The monoisotopic (exact) mass is 614 g/mol. The predicted octanol–water partition coefficient (Wildman–Crippen LogP) is 9.73. The van der Waals surface area contributed by atoms with Crippen LogP contribution in [0, 0.1) is 41.8 Å². The van der Waals surface area contributed by atoms with Gasteiger partial charge in [-0.3, -0.25) is 0 Å². The van der Waals surface area contributed by atoms with Crippen molar-refractivity contribution in [3.63, 3.8) is 0 Å². The fraction of sp³-hybridized carbons (Fsp3) is 0.161. The molecule has 0 aromatic heterocycles. The molecule has 0 radical (unpaired) electrons. The van der Waals surface area contributed by atoms with Crippen molar-refractivity contribution in [2.45, 2.75) is 32.0 Å². The van der Waals surface area contributed by atoms with Crippen LogP contribution in [0.4, 0.5) is 43.9 Å². The second-order valence-corrected chi connectivity index (χ2v) is 9.36. The average molecular weight is 614 g/mol. The fourth-order valence-electron chi connectivity index (χ4n) is 3.94. The number of ether oxygens (including phenoxy) is 2. The molecule has 0 fully saturated rings. The Bertz CT molecular complexity index is 1600. The standard InChI is InChI=1S/C31H20F10O2/c1-17-6-8-19(9-7-17)30(38,39)42-20-10-11-23(26(34)14-20)31(40,41)43-21-15-24(32)22(25(33)16-21)5-3-2-4-18-12-27(35)29(37)28(36)13-18/h3,5-16H,2,4H2,1H3/b5-3+. The summed E-state index contributed by atoms with van der Waals surface area (Å²) in [6, 6.07) is 8.70. The molecule has 43 heavy (non-hydrogen) atoms. The van der Waals surface area contributed by atoms with Gasteiger partial charge in [0.1, 0.15) is 34.5 Å². The summed E-state index contributed by atoms with van der Waals surface area (Å²) in [6.07, 6.45) is -6.21. The summed E-state index contributed by atoms with van der Waals surface area (Å²) in [5.74, 6) is -10.6. The van der Waals surface area contributed by atoms with Gasteiger partial charge < -0.3 is 9.47 Å². The molecule has 2 nitrogen and oxygen atoms in total. The maximum atomic E-state index is 14.7. The molecule has 0 spiro atoms. The van der Waals surface area contributed by atoms with Crippen molar-refractivity contribution in [1.82, 2.24) is 0 Å². The van der Waals surface area contributed by atoms with Gasteiger partial charge in [0, 0.05) is 23.8 Å². The van der Waals surface area contributed by atoms with E-state index >= 15 is 0 Å². The van der Waals surface area contributed by atoms with Crippen LogP contribution in [0.5, 0.6) is 11.5 Å². The number of hydrogen-bond acceptors (Lipinski definition) is 2. The Balaban J connectivity index is 1.44. The van der Waals surface area contributed by atoms with Crippen molar-refractivity contribution in [1.29, 1.82) is 0 Å². The highest BCUT2D eigenvalue weighted by Crippen LogP contribution is 2.38. The first kappa shape index (κ1) is 31.5. The summed E-state index contributed by atoms with van der Waals surface area (Å²) in [5, 5.41) is 0. The summed E-state index contributed by atoms with van der Waals surface area (Å²) < 4.78 is 150. The van der Waals surface area contributed by atoms with E-state index < -0.39 is 75.3 Å². The molecule has 226 valence electrons. The zero-order valence-corrected chi connectivity index (χ0v) is 22.0. The Morgan fingerprint density at radius 3 is 1.77 bits per heavy atom. The van der Waals surface area contributed by atoms with Crippen LogP contribution in [0.3, 0.4) is 0 Å².